The maximum absolute atomic E-state index is 13.5. The zero-order valence-electron chi connectivity index (χ0n) is 21.2. The van der Waals surface area contributed by atoms with Gasteiger partial charge in [0, 0.05) is 6.54 Å². The molecule has 0 fully saturated rings. The summed E-state index contributed by atoms with van der Waals surface area (Å²) < 4.78 is 5.20. The molecule has 4 amide bonds. The van der Waals surface area contributed by atoms with Gasteiger partial charge in [0.2, 0.25) is 17.7 Å². The molecule has 2 unspecified atom stereocenters. The summed E-state index contributed by atoms with van der Waals surface area (Å²) in [5.74, 6) is -2.11. The first kappa shape index (κ1) is 29.4. The van der Waals surface area contributed by atoms with E-state index in [0.717, 1.165) is 29.7 Å². The Bertz CT molecular complexity index is 918. The fraction of sp³-hybridized carbons (Fsp3) is 0.560. The lowest BCUT2D eigenvalue weighted by atomic mass is 10.0. The summed E-state index contributed by atoms with van der Waals surface area (Å²) in [6, 6.07) is 6.32. The Morgan fingerprint density at radius 1 is 1.14 bits per heavy atom. The lowest BCUT2D eigenvalue weighted by molar-refractivity contribution is -0.142. The van der Waals surface area contributed by atoms with Crippen molar-refractivity contribution in [2.75, 3.05) is 13.1 Å². The molecule has 1 aromatic rings. The third kappa shape index (κ3) is 10.5. The van der Waals surface area contributed by atoms with E-state index in [4.69, 9.17) is 10.5 Å². The van der Waals surface area contributed by atoms with Gasteiger partial charge < -0.3 is 26.0 Å². The molecule has 1 rings (SSSR count). The number of carbonyl (C=O) groups is 4. The molecular formula is C25H37N5O5. The van der Waals surface area contributed by atoms with Crippen molar-refractivity contribution in [3.63, 3.8) is 0 Å². The first-order valence-corrected chi connectivity index (χ1v) is 11.7. The molecule has 0 saturated heterocycles. The maximum Gasteiger partial charge on any atom is 0.408 e. The van der Waals surface area contributed by atoms with Gasteiger partial charge in [0.15, 0.2) is 0 Å². The van der Waals surface area contributed by atoms with Crippen LogP contribution in [0.2, 0.25) is 0 Å². The molecule has 1 aromatic carbocycles. The number of benzene rings is 1. The van der Waals surface area contributed by atoms with E-state index in [0.29, 0.717) is 12.1 Å². The van der Waals surface area contributed by atoms with Crippen molar-refractivity contribution in [2.45, 2.75) is 78.0 Å². The Hall–Kier alpha value is -3.61. The summed E-state index contributed by atoms with van der Waals surface area (Å²) >= 11 is 0. The normalized spacial score (nSPS) is 12.6. The minimum Gasteiger partial charge on any atom is -0.444 e. The van der Waals surface area contributed by atoms with E-state index in [-0.39, 0.29) is 0 Å². The van der Waals surface area contributed by atoms with Crippen molar-refractivity contribution in [2.24, 2.45) is 5.73 Å². The van der Waals surface area contributed by atoms with Crippen LogP contribution in [0.1, 0.15) is 70.5 Å². The Morgan fingerprint density at radius 3 is 2.29 bits per heavy atom. The fourth-order valence-electron chi connectivity index (χ4n) is 3.33. The summed E-state index contributed by atoms with van der Waals surface area (Å²) in [5, 5.41) is 14.7. The van der Waals surface area contributed by atoms with Gasteiger partial charge in [-0.3, -0.25) is 14.4 Å². The highest BCUT2D eigenvalue weighted by atomic mass is 16.6. The van der Waals surface area contributed by atoms with Crippen LogP contribution < -0.4 is 16.4 Å². The van der Waals surface area contributed by atoms with Crippen LogP contribution in [0.3, 0.4) is 0 Å². The van der Waals surface area contributed by atoms with Gasteiger partial charge in [-0.1, -0.05) is 49.6 Å². The highest BCUT2D eigenvalue weighted by molar-refractivity contribution is 5.94. The Morgan fingerprint density at radius 2 is 1.77 bits per heavy atom. The number of amides is 4. The predicted molar refractivity (Wildman–Crippen MR) is 131 cm³/mol. The SMILES string of the molecule is CCCCCNC(=O)C(c1ccc(C)cc1)N(CC#N)C(=O)C(CC(N)=O)NC(=O)OC(C)(C)C. The Labute approximate surface area is 207 Å². The molecule has 10 nitrogen and oxygen atoms in total. The predicted octanol–water partition coefficient (Wildman–Crippen LogP) is 2.46. The number of alkyl carbamates (subject to hydrolysis) is 1. The molecule has 0 aliphatic heterocycles. The minimum absolute atomic E-state index is 0.407. The first-order chi connectivity index (χ1) is 16.4. The van der Waals surface area contributed by atoms with Crippen molar-refractivity contribution >= 4 is 23.8 Å². The molecule has 10 heteroatoms. The second-order valence-electron chi connectivity index (χ2n) is 9.30. The highest BCUT2D eigenvalue weighted by Crippen LogP contribution is 2.23. The van der Waals surface area contributed by atoms with Crippen molar-refractivity contribution in [1.29, 1.82) is 5.26 Å². The molecule has 0 aliphatic rings. The number of primary amides is 1. The first-order valence-electron chi connectivity index (χ1n) is 11.7. The largest absolute Gasteiger partial charge is 0.444 e. The van der Waals surface area contributed by atoms with Crippen LogP contribution in [0.5, 0.6) is 0 Å². The zero-order chi connectivity index (χ0) is 26.6. The van der Waals surface area contributed by atoms with Crippen molar-refractivity contribution in [3.05, 3.63) is 35.4 Å². The third-order valence-corrected chi connectivity index (χ3v) is 4.95. The minimum atomic E-state index is -1.42. The maximum atomic E-state index is 13.5. The van der Waals surface area contributed by atoms with Crippen molar-refractivity contribution in [1.82, 2.24) is 15.5 Å². The molecule has 2 atom stereocenters. The summed E-state index contributed by atoms with van der Waals surface area (Å²) in [7, 11) is 0. The van der Waals surface area contributed by atoms with E-state index < -0.39 is 54.5 Å². The molecular weight excluding hydrogens is 450 g/mol. The number of nitriles is 1. The number of hydrogen-bond acceptors (Lipinski definition) is 6. The highest BCUT2D eigenvalue weighted by Gasteiger charge is 2.36. The van der Waals surface area contributed by atoms with Crippen LogP contribution in [-0.4, -0.2) is 53.4 Å². The lowest BCUT2D eigenvalue weighted by Crippen LogP contribution is -2.54. The Kier molecular flexibility index (Phi) is 11.7. The molecule has 4 N–H and O–H groups in total. The van der Waals surface area contributed by atoms with Crippen LogP contribution in [0, 0.1) is 18.3 Å². The van der Waals surface area contributed by atoms with Gasteiger partial charge in [-0.2, -0.15) is 5.26 Å². The third-order valence-electron chi connectivity index (χ3n) is 4.95. The van der Waals surface area contributed by atoms with Crippen LogP contribution in [0.25, 0.3) is 0 Å². The molecule has 35 heavy (non-hydrogen) atoms. The second-order valence-corrected chi connectivity index (χ2v) is 9.30. The number of rotatable bonds is 12. The van der Waals surface area contributed by atoms with E-state index in [9.17, 15) is 24.4 Å². The molecule has 0 aliphatic carbocycles. The molecule has 0 aromatic heterocycles. The molecule has 192 valence electrons. The standard InChI is InChI=1S/C25H37N5O5/c1-6-7-8-14-28-22(32)21(18-11-9-17(2)10-12-18)30(15-13-26)23(33)19(16-20(27)31)29-24(34)35-25(3,4)5/h9-12,19,21H,6-8,14-16H2,1-5H3,(H2,27,31)(H,28,32)(H,29,34). The molecule has 0 heterocycles. The summed E-state index contributed by atoms with van der Waals surface area (Å²) in [5.41, 5.74) is 5.91. The van der Waals surface area contributed by atoms with Gasteiger partial charge in [-0.05, 0) is 39.7 Å². The topological polar surface area (TPSA) is 155 Å². The summed E-state index contributed by atoms with van der Waals surface area (Å²) in [6.07, 6.45) is 1.21. The number of nitrogens with two attached hydrogens (primary N) is 1. The number of nitrogens with zero attached hydrogens (tertiary/aromatic N) is 2. The van der Waals surface area contributed by atoms with Crippen LogP contribution in [0.4, 0.5) is 4.79 Å². The monoisotopic (exact) mass is 487 g/mol. The molecule has 0 bridgehead atoms. The van der Waals surface area contributed by atoms with Crippen LogP contribution in [-0.2, 0) is 19.1 Å². The smallest absolute Gasteiger partial charge is 0.408 e. The van der Waals surface area contributed by atoms with Crippen LogP contribution >= 0.6 is 0 Å². The van der Waals surface area contributed by atoms with Crippen molar-refractivity contribution < 1.29 is 23.9 Å². The quantitative estimate of drug-likeness (QED) is 0.304. The Balaban J connectivity index is 3.35. The zero-order valence-corrected chi connectivity index (χ0v) is 21.2. The van der Waals surface area contributed by atoms with Crippen molar-refractivity contribution in [3.8, 4) is 6.07 Å². The lowest BCUT2D eigenvalue weighted by Gasteiger charge is -2.32. The van der Waals surface area contributed by atoms with Gasteiger partial charge in [-0.25, -0.2) is 4.79 Å². The van der Waals surface area contributed by atoms with E-state index in [1.807, 2.05) is 19.9 Å². The number of hydrogen-bond donors (Lipinski definition) is 3. The number of carbonyl (C=O) groups excluding carboxylic acids is 4. The van der Waals surface area contributed by atoms with E-state index >= 15 is 0 Å². The van der Waals surface area contributed by atoms with Gasteiger partial charge >= 0.3 is 6.09 Å². The second kappa shape index (κ2) is 13.9. The van der Waals surface area contributed by atoms with E-state index in [1.165, 1.54) is 0 Å². The number of aryl methyl sites for hydroxylation is 1. The van der Waals surface area contributed by atoms with Gasteiger partial charge in [0.25, 0.3) is 0 Å². The number of nitrogens with one attached hydrogen (secondary N) is 2. The number of unbranched alkanes of at least 4 members (excludes halogenated alkanes) is 2. The van der Waals surface area contributed by atoms with E-state index in [2.05, 4.69) is 10.6 Å². The van der Waals surface area contributed by atoms with E-state index in [1.54, 1.807) is 45.0 Å². The molecule has 0 spiro atoms. The average Bonchev–Trinajstić information content (AvgIpc) is 2.75. The summed E-state index contributed by atoms with van der Waals surface area (Å²) in [4.78, 5) is 51.9. The summed E-state index contributed by atoms with van der Waals surface area (Å²) in [6.45, 7) is 8.83. The fourth-order valence-corrected chi connectivity index (χ4v) is 3.33. The molecule has 0 saturated carbocycles. The van der Waals surface area contributed by atoms with Crippen LogP contribution in [0.15, 0.2) is 24.3 Å². The average molecular weight is 488 g/mol. The number of ether oxygens (including phenoxy) is 1. The molecule has 0 radical (unpaired) electrons. The van der Waals surface area contributed by atoms with Gasteiger partial charge in [-0.15, -0.1) is 0 Å². The van der Waals surface area contributed by atoms with Gasteiger partial charge in [0.05, 0.1) is 12.5 Å². The van der Waals surface area contributed by atoms with Gasteiger partial charge in [0.1, 0.15) is 24.2 Å².